The third-order valence-corrected chi connectivity index (χ3v) is 7.19. The van der Waals surface area contributed by atoms with Crippen molar-refractivity contribution in [3.63, 3.8) is 0 Å². The van der Waals surface area contributed by atoms with Gasteiger partial charge in [0.2, 0.25) is 11.8 Å². The molecule has 3 rings (SSSR count). The Morgan fingerprint density at radius 1 is 1.25 bits per heavy atom. The summed E-state index contributed by atoms with van der Waals surface area (Å²) in [6.45, 7) is 5.60. The van der Waals surface area contributed by atoms with E-state index in [9.17, 15) is 22.8 Å². The summed E-state index contributed by atoms with van der Waals surface area (Å²) in [5, 5.41) is 9.04. The Labute approximate surface area is 186 Å². The molecule has 0 radical (unpaired) electrons. The van der Waals surface area contributed by atoms with Crippen molar-refractivity contribution in [2.24, 2.45) is 23.0 Å². The maximum Gasteiger partial charge on any atom is 0.417 e. The van der Waals surface area contributed by atoms with Gasteiger partial charge < -0.3 is 15.5 Å². The summed E-state index contributed by atoms with van der Waals surface area (Å²) >= 11 is 0. The van der Waals surface area contributed by atoms with E-state index in [4.69, 9.17) is 11.0 Å². The molecule has 2 N–H and O–H groups in total. The maximum absolute atomic E-state index is 13.4. The lowest BCUT2D eigenvalue weighted by atomic mass is 9.70. The normalized spacial score (nSPS) is 20.6. The third-order valence-electron chi connectivity index (χ3n) is 7.19. The van der Waals surface area contributed by atoms with Crippen molar-refractivity contribution in [1.82, 2.24) is 4.90 Å². The highest BCUT2D eigenvalue weighted by Crippen LogP contribution is 2.47. The molecule has 1 spiro atoms. The SMILES string of the molecule is CCC(CC)C(=O)N1CCC2(CC1)CN(c1ccc(C#N)c(C(F)(F)F)c1)CC2C(N)=O. The van der Waals surface area contributed by atoms with Crippen molar-refractivity contribution < 1.29 is 22.8 Å². The summed E-state index contributed by atoms with van der Waals surface area (Å²) in [4.78, 5) is 28.6. The fourth-order valence-electron chi connectivity index (χ4n) is 5.19. The molecular formula is C23H29F3N4O2. The van der Waals surface area contributed by atoms with Gasteiger partial charge in [0.25, 0.3) is 0 Å². The van der Waals surface area contributed by atoms with E-state index in [-0.39, 0.29) is 18.4 Å². The van der Waals surface area contributed by atoms with Crippen molar-refractivity contribution >= 4 is 17.5 Å². The number of hydrogen-bond donors (Lipinski definition) is 1. The molecule has 2 aliphatic heterocycles. The fraction of sp³-hybridized carbons (Fsp3) is 0.609. The Hall–Kier alpha value is -2.76. The molecule has 1 atom stereocenters. The molecule has 0 saturated carbocycles. The number of amides is 2. The first kappa shape index (κ1) is 23.9. The molecule has 6 nitrogen and oxygen atoms in total. The van der Waals surface area contributed by atoms with Gasteiger partial charge in [0, 0.05) is 43.2 Å². The van der Waals surface area contributed by atoms with Crippen LogP contribution in [0, 0.1) is 28.6 Å². The summed E-state index contributed by atoms with van der Waals surface area (Å²) in [6.07, 6.45) is -1.96. The van der Waals surface area contributed by atoms with Crippen LogP contribution < -0.4 is 10.6 Å². The molecule has 1 aromatic rings. The molecule has 2 amide bonds. The molecule has 0 aromatic heterocycles. The number of nitrogens with zero attached hydrogens (tertiary/aromatic N) is 3. The zero-order valence-corrected chi connectivity index (χ0v) is 18.4. The monoisotopic (exact) mass is 450 g/mol. The minimum absolute atomic E-state index is 0.0181. The lowest BCUT2D eigenvalue weighted by molar-refractivity contribution is -0.139. The summed E-state index contributed by atoms with van der Waals surface area (Å²) in [5.41, 5.74) is 4.11. The summed E-state index contributed by atoms with van der Waals surface area (Å²) in [5.74, 6) is -0.886. The first-order chi connectivity index (χ1) is 15.1. The largest absolute Gasteiger partial charge is 0.417 e. The first-order valence-electron chi connectivity index (χ1n) is 11.0. The molecule has 9 heteroatoms. The van der Waals surface area contributed by atoms with Gasteiger partial charge in [-0.25, -0.2) is 0 Å². The summed E-state index contributed by atoms with van der Waals surface area (Å²) < 4.78 is 40.2. The quantitative estimate of drug-likeness (QED) is 0.743. The van der Waals surface area contributed by atoms with E-state index in [0.717, 1.165) is 18.9 Å². The van der Waals surface area contributed by atoms with Crippen LogP contribution in [0.25, 0.3) is 0 Å². The van der Waals surface area contributed by atoms with Crippen LogP contribution in [0.3, 0.4) is 0 Å². The molecule has 2 saturated heterocycles. The molecule has 2 aliphatic rings. The zero-order chi connectivity index (χ0) is 23.7. The summed E-state index contributed by atoms with van der Waals surface area (Å²) in [7, 11) is 0. The Kier molecular flexibility index (Phi) is 6.72. The van der Waals surface area contributed by atoms with E-state index < -0.39 is 34.5 Å². The molecule has 1 unspecified atom stereocenters. The standard InChI is InChI=1S/C23H29F3N4O2/c1-3-15(4-2)21(32)29-9-7-22(8-10-29)14-30(13-19(22)20(28)31)17-6-5-16(12-27)18(11-17)23(24,25)26/h5-6,11,15,19H,3-4,7-10,13-14H2,1-2H3,(H2,28,31). The number of halogens is 3. The van der Waals surface area contributed by atoms with E-state index in [1.165, 1.54) is 12.1 Å². The van der Waals surface area contributed by atoms with Gasteiger partial charge in [-0.2, -0.15) is 18.4 Å². The lowest BCUT2D eigenvalue weighted by Crippen LogP contribution is -2.50. The van der Waals surface area contributed by atoms with Crippen LogP contribution in [0.1, 0.15) is 50.7 Å². The number of anilines is 1. The average molecular weight is 451 g/mol. The van der Waals surface area contributed by atoms with Gasteiger partial charge in [-0.05, 0) is 43.9 Å². The number of nitrogens with two attached hydrogens (primary N) is 1. The molecule has 174 valence electrons. The number of primary amides is 1. The van der Waals surface area contributed by atoms with Crippen LogP contribution in [0.4, 0.5) is 18.9 Å². The van der Waals surface area contributed by atoms with Gasteiger partial charge in [0.1, 0.15) is 0 Å². The number of carbonyl (C=O) groups is 2. The minimum atomic E-state index is -4.65. The zero-order valence-electron chi connectivity index (χ0n) is 18.4. The number of nitriles is 1. The Balaban J connectivity index is 1.83. The second kappa shape index (κ2) is 9.00. The highest BCUT2D eigenvalue weighted by atomic mass is 19.4. The predicted octanol–water partition coefficient (Wildman–Crippen LogP) is 3.54. The smallest absolute Gasteiger partial charge is 0.370 e. The molecule has 2 fully saturated rings. The van der Waals surface area contributed by atoms with Gasteiger partial charge >= 0.3 is 6.18 Å². The van der Waals surface area contributed by atoms with Crippen molar-refractivity contribution in [2.75, 3.05) is 31.1 Å². The van der Waals surface area contributed by atoms with Crippen molar-refractivity contribution in [1.29, 1.82) is 5.26 Å². The Morgan fingerprint density at radius 2 is 1.88 bits per heavy atom. The van der Waals surface area contributed by atoms with E-state index in [2.05, 4.69) is 0 Å². The maximum atomic E-state index is 13.4. The van der Waals surface area contributed by atoms with Crippen molar-refractivity contribution in [3.8, 4) is 6.07 Å². The van der Waals surface area contributed by atoms with Gasteiger partial charge in [-0.15, -0.1) is 0 Å². The second-order valence-electron chi connectivity index (χ2n) is 8.88. The fourth-order valence-corrected chi connectivity index (χ4v) is 5.19. The highest BCUT2D eigenvalue weighted by Gasteiger charge is 2.51. The van der Waals surface area contributed by atoms with Crippen LogP contribution >= 0.6 is 0 Å². The predicted molar refractivity (Wildman–Crippen MR) is 113 cm³/mol. The van der Waals surface area contributed by atoms with Gasteiger partial charge in [-0.3, -0.25) is 9.59 Å². The third kappa shape index (κ3) is 4.41. The minimum Gasteiger partial charge on any atom is -0.370 e. The first-order valence-corrected chi connectivity index (χ1v) is 11.0. The molecule has 2 heterocycles. The average Bonchev–Trinajstić information content (AvgIpc) is 3.13. The molecular weight excluding hydrogens is 421 g/mol. The Morgan fingerprint density at radius 3 is 2.38 bits per heavy atom. The number of carbonyl (C=O) groups excluding carboxylic acids is 2. The Bertz CT molecular complexity index is 913. The number of piperidine rings is 1. The number of alkyl halides is 3. The second-order valence-corrected chi connectivity index (χ2v) is 8.88. The number of likely N-dealkylation sites (tertiary alicyclic amines) is 1. The molecule has 1 aromatic carbocycles. The van der Waals surface area contributed by atoms with E-state index in [1.54, 1.807) is 11.0 Å². The number of benzene rings is 1. The molecule has 0 bridgehead atoms. The number of hydrogen-bond acceptors (Lipinski definition) is 4. The number of rotatable bonds is 5. The van der Waals surface area contributed by atoms with Crippen LogP contribution in [0.15, 0.2) is 18.2 Å². The van der Waals surface area contributed by atoms with E-state index in [1.807, 2.05) is 18.7 Å². The van der Waals surface area contributed by atoms with Crippen LogP contribution in [-0.2, 0) is 15.8 Å². The highest BCUT2D eigenvalue weighted by molar-refractivity contribution is 5.80. The van der Waals surface area contributed by atoms with Crippen molar-refractivity contribution in [3.05, 3.63) is 29.3 Å². The topological polar surface area (TPSA) is 90.4 Å². The lowest BCUT2D eigenvalue weighted by Gasteiger charge is -2.42. The van der Waals surface area contributed by atoms with Gasteiger partial charge in [0.15, 0.2) is 0 Å². The molecule has 0 aliphatic carbocycles. The summed E-state index contributed by atoms with van der Waals surface area (Å²) in [6, 6.07) is 5.21. The van der Waals surface area contributed by atoms with Crippen LogP contribution in [-0.4, -0.2) is 42.9 Å². The van der Waals surface area contributed by atoms with E-state index >= 15 is 0 Å². The molecule has 32 heavy (non-hydrogen) atoms. The van der Waals surface area contributed by atoms with Crippen LogP contribution in [0.5, 0.6) is 0 Å². The van der Waals surface area contributed by atoms with Crippen molar-refractivity contribution in [2.45, 2.75) is 45.7 Å². The van der Waals surface area contributed by atoms with E-state index in [0.29, 0.717) is 38.2 Å². The van der Waals surface area contributed by atoms with Gasteiger partial charge in [-0.1, -0.05) is 13.8 Å². The van der Waals surface area contributed by atoms with Crippen LogP contribution in [0.2, 0.25) is 0 Å². The van der Waals surface area contributed by atoms with Gasteiger partial charge in [0.05, 0.1) is 23.1 Å².